The minimum absolute atomic E-state index is 0.918. The van der Waals surface area contributed by atoms with Crippen LogP contribution in [-0.4, -0.2) is 10.2 Å². The minimum atomic E-state index is 0.918. The lowest BCUT2D eigenvalue weighted by atomic mass is 10.2. The van der Waals surface area contributed by atoms with Gasteiger partial charge in [0, 0.05) is 5.39 Å². The van der Waals surface area contributed by atoms with Gasteiger partial charge in [-0.25, -0.2) is 0 Å². The Kier molecular flexibility index (Phi) is 1.10. The fraction of sp³-hybridized carbons (Fsp3) is 0. The molecule has 1 aromatic heterocycles. The maximum absolute atomic E-state index is 3.88. The molecular weight excluding hydrogens is 124 g/mol. The zero-order valence-electron chi connectivity index (χ0n) is 5.28. The number of hydrogen-bond donors (Lipinski definition) is 0. The van der Waals surface area contributed by atoms with Crippen LogP contribution in [-0.2, 0) is 0 Å². The first-order valence-electron chi connectivity index (χ1n) is 3.05. The summed E-state index contributed by atoms with van der Waals surface area (Å²) in [5, 5.41) is 8.59. The first-order valence-corrected chi connectivity index (χ1v) is 3.05. The van der Waals surface area contributed by atoms with Crippen molar-refractivity contribution in [1.82, 2.24) is 10.2 Å². The van der Waals surface area contributed by atoms with Crippen LogP contribution >= 0.6 is 0 Å². The monoisotopic (exact) mass is 129 g/mol. The SMILES string of the molecule is [c]1cc2ccccc2nn1. The average molecular weight is 129 g/mol. The summed E-state index contributed by atoms with van der Waals surface area (Å²) >= 11 is 0. The molecule has 0 spiro atoms. The van der Waals surface area contributed by atoms with Gasteiger partial charge in [-0.3, -0.25) is 0 Å². The van der Waals surface area contributed by atoms with Gasteiger partial charge in [0.15, 0.2) is 0 Å². The van der Waals surface area contributed by atoms with Crippen LogP contribution in [0, 0.1) is 6.20 Å². The third-order valence-electron chi connectivity index (χ3n) is 1.37. The van der Waals surface area contributed by atoms with Crippen molar-refractivity contribution in [2.24, 2.45) is 0 Å². The Bertz CT molecular complexity index is 278. The number of fused-ring (bicyclic) bond motifs is 1. The Morgan fingerprint density at radius 3 is 3.00 bits per heavy atom. The van der Waals surface area contributed by atoms with E-state index in [0.29, 0.717) is 0 Å². The van der Waals surface area contributed by atoms with E-state index in [-0.39, 0.29) is 0 Å². The van der Waals surface area contributed by atoms with Gasteiger partial charge in [-0.15, -0.1) is 10.2 Å². The summed E-state index contributed by atoms with van der Waals surface area (Å²) in [6.07, 6.45) is 2.67. The van der Waals surface area contributed by atoms with E-state index < -0.39 is 0 Å². The lowest BCUT2D eigenvalue weighted by molar-refractivity contribution is 1.07. The average Bonchev–Trinajstić information content (AvgIpc) is 2.05. The molecule has 0 aliphatic rings. The quantitative estimate of drug-likeness (QED) is 0.537. The molecule has 0 saturated heterocycles. The fourth-order valence-corrected chi connectivity index (χ4v) is 0.882. The van der Waals surface area contributed by atoms with Crippen molar-refractivity contribution in [3.8, 4) is 0 Å². The summed E-state index contributed by atoms with van der Waals surface area (Å²) in [5.74, 6) is 0. The van der Waals surface area contributed by atoms with Gasteiger partial charge in [-0.1, -0.05) is 18.2 Å². The van der Waals surface area contributed by atoms with Gasteiger partial charge < -0.3 is 0 Å². The second-order valence-corrected chi connectivity index (χ2v) is 2.03. The van der Waals surface area contributed by atoms with Crippen LogP contribution in [0.4, 0.5) is 0 Å². The normalized spacial score (nSPS) is 10.0. The van der Waals surface area contributed by atoms with E-state index >= 15 is 0 Å². The molecule has 2 nitrogen and oxygen atoms in total. The summed E-state index contributed by atoms with van der Waals surface area (Å²) in [6, 6.07) is 9.65. The maximum Gasteiger partial charge on any atom is 0.114 e. The standard InChI is InChI=1S/C8H5N2/c1-2-4-8-7(3-1)5-6-9-10-8/h1-5H. The highest BCUT2D eigenvalue weighted by atomic mass is 15.1. The van der Waals surface area contributed by atoms with E-state index in [2.05, 4.69) is 16.4 Å². The third-order valence-corrected chi connectivity index (χ3v) is 1.37. The Morgan fingerprint density at radius 1 is 1.20 bits per heavy atom. The Hall–Kier alpha value is -1.44. The van der Waals surface area contributed by atoms with Crippen molar-refractivity contribution >= 4 is 10.9 Å². The van der Waals surface area contributed by atoms with E-state index in [4.69, 9.17) is 0 Å². The molecule has 0 N–H and O–H groups in total. The van der Waals surface area contributed by atoms with E-state index in [1.807, 2.05) is 30.3 Å². The van der Waals surface area contributed by atoms with Gasteiger partial charge in [0.1, 0.15) is 6.20 Å². The van der Waals surface area contributed by atoms with Crippen LogP contribution in [0.5, 0.6) is 0 Å². The molecular formula is C8H5N2. The lowest BCUT2D eigenvalue weighted by Gasteiger charge is -1.89. The van der Waals surface area contributed by atoms with Gasteiger partial charge in [0.05, 0.1) is 5.52 Å². The molecule has 47 valence electrons. The molecule has 0 aliphatic carbocycles. The first kappa shape index (κ1) is 5.35. The molecule has 1 aromatic carbocycles. The van der Waals surface area contributed by atoms with Crippen molar-refractivity contribution in [2.45, 2.75) is 0 Å². The molecule has 0 atom stereocenters. The van der Waals surface area contributed by atoms with Crippen LogP contribution in [0.25, 0.3) is 10.9 Å². The molecule has 0 fully saturated rings. The summed E-state index contributed by atoms with van der Waals surface area (Å²) in [5.41, 5.74) is 0.918. The summed E-state index contributed by atoms with van der Waals surface area (Å²) < 4.78 is 0. The number of rotatable bonds is 0. The molecule has 0 saturated carbocycles. The van der Waals surface area contributed by atoms with Crippen LogP contribution in [0.2, 0.25) is 0 Å². The third kappa shape index (κ3) is 0.739. The predicted molar refractivity (Wildman–Crippen MR) is 38.4 cm³/mol. The topological polar surface area (TPSA) is 25.8 Å². The Morgan fingerprint density at radius 2 is 2.10 bits per heavy atom. The van der Waals surface area contributed by atoms with Gasteiger partial charge in [-0.2, -0.15) is 0 Å². The van der Waals surface area contributed by atoms with Crippen LogP contribution in [0.15, 0.2) is 30.3 Å². The van der Waals surface area contributed by atoms with Crippen LogP contribution < -0.4 is 0 Å². The molecule has 1 heterocycles. The summed E-state index contributed by atoms with van der Waals surface area (Å²) in [7, 11) is 0. The van der Waals surface area contributed by atoms with Crippen LogP contribution in [0.3, 0.4) is 0 Å². The molecule has 1 radical (unpaired) electrons. The Labute approximate surface area is 58.5 Å². The van der Waals surface area contributed by atoms with Crippen LogP contribution in [0.1, 0.15) is 0 Å². The van der Waals surface area contributed by atoms with Crippen molar-refractivity contribution in [3.05, 3.63) is 36.5 Å². The van der Waals surface area contributed by atoms with Crippen molar-refractivity contribution < 1.29 is 0 Å². The molecule has 2 rings (SSSR count). The predicted octanol–water partition coefficient (Wildman–Crippen LogP) is 1.43. The maximum atomic E-state index is 3.88. The molecule has 2 heteroatoms. The van der Waals surface area contributed by atoms with E-state index in [1.54, 1.807) is 0 Å². The lowest BCUT2D eigenvalue weighted by Crippen LogP contribution is -1.80. The molecule has 0 bridgehead atoms. The molecule has 0 aliphatic heterocycles. The van der Waals surface area contributed by atoms with Gasteiger partial charge in [0.2, 0.25) is 0 Å². The molecule has 0 unspecified atom stereocenters. The van der Waals surface area contributed by atoms with Crippen molar-refractivity contribution in [1.29, 1.82) is 0 Å². The highest BCUT2D eigenvalue weighted by Crippen LogP contribution is 2.06. The van der Waals surface area contributed by atoms with Gasteiger partial charge >= 0.3 is 0 Å². The van der Waals surface area contributed by atoms with E-state index in [0.717, 1.165) is 10.9 Å². The first-order chi connectivity index (χ1) is 4.97. The number of hydrogen-bond acceptors (Lipinski definition) is 2. The van der Waals surface area contributed by atoms with Gasteiger partial charge in [-0.05, 0) is 12.1 Å². The second kappa shape index (κ2) is 2.06. The van der Waals surface area contributed by atoms with Crippen molar-refractivity contribution in [3.63, 3.8) is 0 Å². The zero-order chi connectivity index (χ0) is 6.81. The van der Waals surface area contributed by atoms with E-state index in [9.17, 15) is 0 Å². The number of benzene rings is 1. The van der Waals surface area contributed by atoms with Gasteiger partial charge in [0.25, 0.3) is 0 Å². The highest BCUT2D eigenvalue weighted by molar-refractivity contribution is 5.76. The number of nitrogens with zero attached hydrogens (tertiary/aromatic N) is 2. The summed E-state index contributed by atoms with van der Waals surface area (Å²) in [4.78, 5) is 0. The highest BCUT2D eigenvalue weighted by Gasteiger charge is 1.88. The van der Waals surface area contributed by atoms with Crippen molar-refractivity contribution in [2.75, 3.05) is 0 Å². The molecule has 0 amide bonds. The molecule has 10 heavy (non-hydrogen) atoms. The largest absolute Gasteiger partial charge is 0.150 e. The fourth-order valence-electron chi connectivity index (χ4n) is 0.882. The Balaban J connectivity index is 2.89. The second-order valence-electron chi connectivity index (χ2n) is 2.03. The number of aromatic nitrogens is 2. The smallest absolute Gasteiger partial charge is 0.114 e. The molecule has 2 aromatic rings. The minimum Gasteiger partial charge on any atom is -0.150 e. The summed E-state index contributed by atoms with van der Waals surface area (Å²) in [6.45, 7) is 0. The zero-order valence-corrected chi connectivity index (χ0v) is 5.28. The van der Waals surface area contributed by atoms with E-state index in [1.165, 1.54) is 0 Å².